The van der Waals surface area contributed by atoms with Gasteiger partial charge in [-0.15, -0.1) is 50.7 Å². The summed E-state index contributed by atoms with van der Waals surface area (Å²) >= 11 is 0. The SMILES string of the molecule is C#C.C#CC.C#CC(C)CC(/C(CC)=C(C)/C=C\C)N(CCCC)CCCC.C=C.CCC. The van der Waals surface area contributed by atoms with Gasteiger partial charge in [-0.25, -0.2) is 0 Å². The fraction of sp³-hybridized carbons (Fsp3) is 0.625. The summed E-state index contributed by atoms with van der Waals surface area (Å²) in [4.78, 5) is 2.70. The molecule has 0 rings (SSSR count). The Morgan fingerprint density at radius 2 is 1.36 bits per heavy atom. The standard InChI is InChI=1S/C22H39N.C3H8.C3H4.C2H4.C2H2/c1-8-13-16-23(17-14-9-2)22(18-19(6)11-4)21(12-5)20(7)15-10-3;2*1-3-2;2*1-2/h4,10,15,19,22H,8-9,12-14,16-18H2,1-3,5-7H3;3H2,1-2H3;1H,2H3;1-2H2;1-2H/b15-10-,21-20+;;;;. The first-order valence-corrected chi connectivity index (χ1v) is 12.6. The number of hydrogen-bond donors (Lipinski definition) is 0. The second-order valence-corrected chi connectivity index (χ2v) is 7.62. The molecule has 0 N–H and O–H groups in total. The Labute approximate surface area is 211 Å². The number of unbranched alkanes of at least 4 members (excludes halogenated alkanes) is 2. The third-order valence-corrected chi connectivity index (χ3v) is 4.61. The van der Waals surface area contributed by atoms with E-state index in [-0.39, 0.29) is 0 Å². The highest BCUT2D eigenvalue weighted by Crippen LogP contribution is 2.26. The number of hydrogen-bond acceptors (Lipinski definition) is 1. The van der Waals surface area contributed by atoms with Gasteiger partial charge in [0.1, 0.15) is 0 Å². The van der Waals surface area contributed by atoms with E-state index >= 15 is 0 Å². The average Bonchev–Trinajstić information content (AvgIpc) is 2.83. The van der Waals surface area contributed by atoms with Gasteiger partial charge in [0, 0.05) is 12.0 Å². The summed E-state index contributed by atoms with van der Waals surface area (Å²) < 4.78 is 0. The Bertz CT molecular complexity index is 527. The van der Waals surface area contributed by atoms with Gasteiger partial charge in [-0.05, 0) is 59.5 Å². The maximum Gasteiger partial charge on any atom is 0.0324 e. The third kappa shape index (κ3) is 27.8. The van der Waals surface area contributed by atoms with Crippen molar-refractivity contribution < 1.29 is 0 Å². The van der Waals surface area contributed by atoms with Crippen molar-refractivity contribution in [3.8, 4) is 37.5 Å². The van der Waals surface area contributed by atoms with E-state index in [2.05, 4.69) is 117 Å². The minimum atomic E-state index is 0.325. The van der Waals surface area contributed by atoms with Crippen LogP contribution in [0.15, 0.2) is 36.5 Å². The van der Waals surface area contributed by atoms with Crippen LogP contribution in [0.5, 0.6) is 0 Å². The zero-order valence-electron chi connectivity index (χ0n) is 23.8. The molecular formula is C32H57N. The Morgan fingerprint density at radius 3 is 1.64 bits per heavy atom. The molecule has 0 saturated heterocycles. The predicted octanol–water partition coefficient (Wildman–Crippen LogP) is 9.33. The van der Waals surface area contributed by atoms with E-state index in [4.69, 9.17) is 6.42 Å². The van der Waals surface area contributed by atoms with Gasteiger partial charge in [0.2, 0.25) is 0 Å². The first kappa shape index (κ1) is 41.1. The van der Waals surface area contributed by atoms with Gasteiger partial charge in [0.25, 0.3) is 0 Å². The first-order chi connectivity index (χ1) is 15.9. The third-order valence-electron chi connectivity index (χ3n) is 4.61. The van der Waals surface area contributed by atoms with Crippen LogP contribution in [0, 0.1) is 43.5 Å². The highest BCUT2D eigenvalue weighted by Gasteiger charge is 2.23. The van der Waals surface area contributed by atoms with Crippen molar-refractivity contribution in [1.29, 1.82) is 0 Å². The van der Waals surface area contributed by atoms with Gasteiger partial charge in [-0.3, -0.25) is 4.90 Å². The molecule has 0 aromatic heterocycles. The number of rotatable bonds is 12. The molecule has 1 nitrogen and oxygen atoms in total. The van der Waals surface area contributed by atoms with E-state index in [0.717, 1.165) is 12.8 Å². The van der Waals surface area contributed by atoms with Crippen molar-refractivity contribution in [2.75, 3.05) is 13.1 Å². The molecule has 0 amide bonds. The minimum absolute atomic E-state index is 0.325. The zero-order chi connectivity index (χ0) is 27.1. The van der Waals surface area contributed by atoms with E-state index in [0.29, 0.717) is 12.0 Å². The van der Waals surface area contributed by atoms with Crippen LogP contribution in [0.2, 0.25) is 0 Å². The van der Waals surface area contributed by atoms with Crippen LogP contribution in [-0.2, 0) is 0 Å². The van der Waals surface area contributed by atoms with Crippen molar-refractivity contribution >= 4 is 0 Å². The molecule has 0 bridgehead atoms. The first-order valence-electron chi connectivity index (χ1n) is 12.6. The lowest BCUT2D eigenvalue weighted by atomic mass is 9.89. The summed E-state index contributed by atoms with van der Waals surface area (Å²) in [6.45, 7) is 27.6. The highest BCUT2D eigenvalue weighted by molar-refractivity contribution is 5.28. The highest BCUT2D eigenvalue weighted by atomic mass is 15.2. The van der Waals surface area contributed by atoms with Gasteiger partial charge >= 0.3 is 0 Å². The molecule has 0 saturated carbocycles. The van der Waals surface area contributed by atoms with Crippen LogP contribution in [0.4, 0.5) is 0 Å². The Hall–Kier alpha value is -2.14. The lowest BCUT2D eigenvalue weighted by molar-refractivity contribution is 0.194. The Morgan fingerprint density at radius 1 is 0.970 bits per heavy atom. The van der Waals surface area contributed by atoms with Crippen LogP contribution >= 0.6 is 0 Å². The van der Waals surface area contributed by atoms with E-state index in [1.54, 1.807) is 12.5 Å². The Balaban J connectivity index is -0.000000224. The van der Waals surface area contributed by atoms with Crippen LogP contribution in [0.25, 0.3) is 0 Å². The minimum Gasteiger partial charge on any atom is -0.297 e. The smallest absolute Gasteiger partial charge is 0.0324 e. The van der Waals surface area contributed by atoms with Crippen molar-refractivity contribution in [3.63, 3.8) is 0 Å². The van der Waals surface area contributed by atoms with Gasteiger partial charge in [-0.1, -0.05) is 84.1 Å². The fourth-order valence-electron chi connectivity index (χ4n) is 3.19. The molecule has 0 heterocycles. The quantitative estimate of drug-likeness (QED) is 0.161. The summed E-state index contributed by atoms with van der Waals surface area (Å²) in [5.74, 6) is 5.52. The molecule has 0 aromatic carbocycles. The second-order valence-electron chi connectivity index (χ2n) is 7.62. The summed E-state index contributed by atoms with van der Waals surface area (Å²) in [5, 5.41) is 0. The molecular weight excluding hydrogens is 398 g/mol. The summed E-state index contributed by atoms with van der Waals surface area (Å²) in [5.41, 5.74) is 2.99. The lowest BCUT2D eigenvalue weighted by Crippen LogP contribution is -2.39. The maximum absolute atomic E-state index is 5.70. The summed E-state index contributed by atoms with van der Waals surface area (Å²) in [6, 6.07) is 0.486. The van der Waals surface area contributed by atoms with E-state index in [9.17, 15) is 0 Å². The van der Waals surface area contributed by atoms with E-state index in [1.165, 1.54) is 50.8 Å². The molecule has 190 valence electrons. The monoisotopic (exact) mass is 455 g/mol. The predicted molar refractivity (Wildman–Crippen MR) is 157 cm³/mol. The molecule has 0 fully saturated rings. The van der Waals surface area contributed by atoms with Gasteiger partial charge < -0.3 is 0 Å². The van der Waals surface area contributed by atoms with Crippen molar-refractivity contribution in [1.82, 2.24) is 4.90 Å². The Kier molecular flexibility index (Phi) is 46.4. The van der Waals surface area contributed by atoms with Crippen molar-refractivity contribution in [3.05, 3.63) is 36.5 Å². The van der Waals surface area contributed by atoms with Crippen molar-refractivity contribution in [2.24, 2.45) is 5.92 Å². The van der Waals surface area contributed by atoms with Gasteiger partial charge in [0.15, 0.2) is 0 Å². The zero-order valence-corrected chi connectivity index (χ0v) is 23.8. The number of nitrogens with zero attached hydrogens (tertiary/aromatic N) is 1. The van der Waals surface area contributed by atoms with Gasteiger partial charge in [-0.2, -0.15) is 0 Å². The maximum atomic E-state index is 5.70. The molecule has 2 atom stereocenters. The summed E-state index contributed by atoms with van der Waals surface area (Å²) in [7, 11) is 0. The largest absolute Gasteiger partial charge is 0.297 e. The molecule has 2 unspecified atom stereocenters. The van der Waals surface area contributed by atoms with Crippen LogP contribution in [0.3, 0.4) is 0 Å². The van der Waals surface area contributed by atoms with Gasteiger partial charge in [0.05, 0.1) is 0 Å². The summed E-state index contributed by atoms with van der Waals surface area (Å²) in [6.07, 6.45) is 31.2. The molecule has 0 spiro atoms. The van der Waals surface area contributed by atoms with Crippen molar-refractivity contribution in [2.45, 2.75) is 113 Å². The van der Waals surface area contributed by atoms with E-state index in [1.807, 2.05) is 0 Å². The molecule has 0 aliphatic carbocycles. The van der Waals surface area contributed by atoms with Crippen LogP contribution in [-0.4, -0.2) is 24.0 Å². The molecule has 0 aromatic rings. The topological polar surface area (TPSA) is 3.24 Å². The average molecular weight is 456 g/mol. The lowest BCUT2D eigenvalue weighted by Gasteiger charge is -2.35. The molecule has 33 heavy (non-hydrogen) atoms. The number of terminal acetylenes is 3. The normalized spacial score (nSPS) is 11.8. The molecule has 0 aliphatic heterocycles. The molecule has 1 heteroatoms. The molecule has 0 radical (unpaired) electrons. The van der Waals surface area contributed by atoms with Crippen LogP contribution < -0.4 is 0 Å². The van der Waals surface area contributed by atoms with Crippen LogP contribution in [0.1, 0.15) is 107 Å². The fourth-order valence-corrected chi connectivity index (χ4v) is 3.19. The number of allylic oxidation sites excluding steroid dienone is 3. The molecule has 0 aliphatic rings. The second kappa shape index (κ2) is 37.2. The van der Waals surface area contributed by atoms with E-state index < -0.39 is 0 Å².